The summed E-state index contributed by atoms with van der Waals surface area (Å²) >= 11 is 0. The summed E-state index contributed by atoms with van der Waals surface area (Å²) in [4.78, 5) is 7.97. The molecule has 1 unspecified atom stereocenters. The van der Waals surface area contributed by atoms with Crippen LogP contribution in [0.25, 0.3) is 27.7 Å². The topological polar surface area (TPSA) is 49.9 Å². The van der Waals surface area contributed by atoms with Crippen molar-refractivity contribution in [2.75, 3.05) is 7.11 Å². The van der Waals surface area contributed by atoms with Crippen LogP contribution in [0.5, 0.6) is 5.75 Å². The molecular formula is C27H26FN3O. The highest BCUT2D eigenvalue weighted by Crippen LogP contribution is 2.37. The molecule has 0 spiro atoms. The minimum absolute atomic E-state index is 0.287. The molecule has 2 N–H and O–H groups in total. The van der Waals surface area contributed by atoms with Crippen molar-refractivity contribution in [2.45, 2.75) is 31.8 Å². The van der Waals surface area contributed by atoms with Crippen molar-refractivity contribution < 1.29 is 9.13 Å². The van der Waals surface area contributed by atoms with E-state index in [2.05, 4.69) is 51.7 Å². The summed E-state index contributed by atoms with van der Waals surface area (Å²) in [5.74, 6) is 0.358. The molecule has 0 bridgehead atoms. The van der Waals surface area contributed by atoms with Gasteiger partial charge in [0.2, 0.25) is 0 Å². The zero-order valence-electron chi connectivity index (χ0n) is 18.1. The van der Waals surface area contributed by atoms with Crippen molar-refractivity contribution in [1.82, 2.24) is 15.3 Å². The van der Waals surface area contributed by atoms with Gasteiger partial charge < -0.3 is 15.0 Å². The van der Waals surface area contributed by atoms with Gasteiger partial charge in [-0.3, -0.25) is 0 Å². The number of hydrogen-bond acceptors (Lipinski definition) is 3. The van der Waals surface area contributed by atoms with Crippen LogP contribution in [0.2, 0.25) is 0 Å². The highest BCUT2D eigenvalue weighted by Gasteiger charge is 2.18. The zero-order valence-corrected chi connectivity index (χ0v) is 18.1. The smallest absolute Gasteiger partial charge is 0.138 e. The third-order valence-electron chi connectivity index (χ3n) is 6.18. The second-order valence-electron chi connectivity index (χ2n) is 8.22. The normalized spacial score (nSPS) is 16.2. The van der Waals surface area contributed by atoms with E-state index < -0.39 is 0 Å². The Morgan fingerprint density at radius 2 is 1.97 bits per heavy atom. The Hall–Kier alpha value is -3.44. The maximum Gasteiger partial charge on any atom is 0.138 e. The number of H-pyrrole nitrogens is 1. The molecule has 2 aromatic carbocycles. The molecule has 4 nitrogen and oxygen atoms in total. The zero-order chi connectivity index (χ0) is 21.9. The van der Waals surface area contributed by atoms with Gasteiger partial charge in [0.25, 0.3) is 0 Å². The average Bonchev–Trinajstić information content (AvgIpc) is 3.28. The number of nitrogens with zero attached hydrogens (tertiary/aromatic N) is 1. The van der Waals surface area contributed by atoms with E-state index >= 15 is 0 Å². The van der Waals surface area contributed by atoms with Crippen molar-refractivity contribution >= 4 is 16.6 Å². The summed E-state index contributed by atoms with van der Waals surface area (Å²) in [5, 5.41) is 4.64. The third-order valence-corrected chi connectivity index (χ3v) is 6.18. The fourth-order valence-electron chi connectivity index (χ4n) is 4.45. The van der Waals surface area contributed by atoms with Crippen LogP contribution >= 0.6 is 0 Å². The van der Waals surface area contributed by atoms with Crippen molar-refractivity contribution in [3.8, 4) is 16.9 Å². The Kier molecular flexibility index (Phi) is 5.73. The van der Waals surface area contributed by atoms with Crippen molar-refractivity contribution in [3.05, 3.63) is 90.0 Å². The first-order valence-corrected chi connectivity index (χ1v) is 11.0. The van der Waals surface area contributed by atoms with Crippen LogP contribution in [0, 0.1) is 5.82 Å². The molecule has 32 heavy (non-hydrogen) atoms. The number of methoxy groups -OCH3 is 1. The minimum Gasteiger partial charge on any atom is -0.496 e. The highest BCUT2D eigenvalue weighted by atomic mass is 19.1. The SMILES string of the molecule is COc1ccc(F)cc1-c1ccnc2[nH]c(C3=CCC(NCc4ccccc4)CC3)cc12. The molecule has 0 aliphatic heterocycles. The molecule has 162 valence electrons. The average molecular weight is 428 g/mol. The maximum atomic E-state index is 14.0. The van der Waals surface area contributed by atoms with Crippen LogP contribution in [-0.4, -0.2) is 23.1 Å². The van der Waals surface area contributed by atoms with Gasteiger partial charge in [0.1, 0.15) is 17.2 Å². The third kappa shape index (κ3) is 4.16. The number of nitrogens with one attached hydrogen (secondary N) is 2. The molecule has 5 rings (SSSR count). The van der Waals surface area contributed by atoms with Crippen LogP contribution < -0.4 is 10.1 Å². The summed E-state index contributed by atoms with van der Waals surface area (Å²) in [6.07, 6.45) is 7.15. The van der Waals surface area contributed by atoms with Gasteiger partial charge in [-0.25, -0.2) is 9.37 Å². The predicted octanol–water partition coefficient (Wildman–Crippen LogP) is 6.10. The fourth-order valence-corrected chi connectivity index (χ4v) is 4.45. The van der Waals surface area contributed by atoms with Gasteiger partial charge in [-0.2, -0.15) is 0 Å². The predicted molar refractivity (Wildman–Crippen MR) is 127 cm³/mol. The lowest BCUT2D eigenvalue weighted by molar-refractivity contribution is 0.415. The number of rotatable bonds is 6. The van der Waals surface area contributed by atoms with Crippen molar-refractivity contribution in [2.24, 2.45) is 0 Å². The van der Waals surface area contributed by atoms with E-state index in [0.29, 0.717) is 11.8 Å². The van der Waals surface area contributed by atoms with Crippen LogP contribution in [0.4, 0.5) is 4.39 Å². The molecule has 1 aliphatic rings. The van der Waals surface area contributed by atoms with Crippen LogP contribution in [0.3, 0.4) is 0 Å². The van der Waals surface area contributed by atoms with Crippen molar-refractivity contribution in [3.63, 3.8) is 0 Å². The molecule has 2 aromatic heterocycles. The summed E-state index contributed by atoms with van der Waals surface area (Å²) in [6.45, 7) is 0.893. The molecule has 4 aromatic rings. The summed E-state index contributed by atoms with van der Waals surface area (Å²) in [7, 11) is 1.60. The standard InChI is InChI=1S/C27H26FN3O/c1-32-26-12-9-20(28)15-23(26)22-13-14-29-27-24(22)16-25(31-27)19-7-10-21(11-8-19)30-17-18-5-3-2-4-6-18/h2-7,9,12-16,21,30H,8,10-11,17H2,1H3,(H,29,31). The number of halogens is 1. The molecule has 1 aliphatic carbocycles. The number of ether oxygens (including phenoxy) is 1. The summed E-state index contributed by atoms with van der Waals surface area (Å²) in [5.41, 5.74) is 6.13. The molecule has 1 atom stereocenters. The van der Waals surface area contributed by atoms with Gasteiger partial charge in [-0.1, -0.05) is 36.4 Å². The van der Waals surface area contributed by atoms with Gasteiger partial charge in [0.05, 0.1) is 7.11 Å². The number of pyridine rings is 1. The highest BCUT2D eigenvalue weighted by molar-refractivity contribution is 5.96. The van der Waals surface area contributed by atoms with Gasteiger partial charge in [0, 0.05) is 35.4 Å². The van der Waals surface area contributed by atoms with E-state index in [1.165, 1.54) is 23.3 Å². The first-order chi connectivity index (χ1) is 15.7. The quantitative estimate of drug-likeness (QED) is 0.391. The maximum absolute atomic E-state index is 14.0. The second-order valence-corrected chi connectivity index (χ2v) is 8.22. The Bertz CT molecular complexity index is 1260. The van der Waals surface area contributed by atoms with Crippen LogP contribution in [0.15, 0.2) is 72.9 Å². The van der Waals surface area contributed by atoms with E-state index in [4.69, 9.17) is 4.74 Å². The molecule has 0 saturated heterocycles. The van der Waals surface area contributed by atoms with E-state index in [1.54, 1.807) is 19.4 Å². The minimum atomic E-state index is -0.287. The van der Waals surface area contributed by atoms with E-state index in [-0.39, 0.29) is 5.82 Å². The Balaban J connectivity index is 1.38. The van der Waals surface area contributed by atoms with Crippen LogP contribution in [0.1, 0.15) is 30.5 Å². The van der Waals surface area contributed by atoms with Crippen LogP contribution in [-0.2, 0) is 6.54 Å². The molecule has 5 heteroatoms. The van der Waals surface area contributed by atoms with Gasteiger partial charge in [-0.05, 0) is 66.3 Å². The molecule has 2 heterocycles. The largest absolute Gasteiger partial charge is 0.496 e. The van der Waals surface area contributed by atoms with Gasteiger partial charge in [-0.15, -0.1) is 0 Å². The molecule has 0 amide bonds. The van der Waals surface area contributed by atoms with E-state index in [1.807, 2.05) is 12.1 Å². The Morgan fingerprint density at radius 3 is 2.75 bits per heavy atom. The first-order valence-electron chi connectivity index (χ1n) is 11.0. The number of allylic oxidation sites excluding steroid dienone is 1. The van der Waals surface area contributed by atoms with Gasteiger partial charge >= 0.3 is 0 Å². The van der Waals surface area contributed by atoms with Crippen molar-refractivity contribution in [1.29, 1.82) is 0 Å². The van der Waals surface area contributed by atoms with E-state index in [9.17, 15) is 4.39 Å². The fraction of sp³-hybridized carbons (Fsp3) is 0.222. The Labute approximate surface area is 187 Å². The lowest BCUT2D eigenvalue weighted by Crippen LogP contribution is -2.29. The first kappa shape index (κ1) is 20.5. The molecule has 0 fully saturated rings. The van der Waals surface area contributed by atoms with E-state index in [0.717, 1.165) is 53.7 Å². The summed E-state index contributed by atoms with van der Waals surface area (Å²) < 4.78 is 19.5. The Morgan fingerprint density at radius 1 is 1.09 bits per heavy atom. The number of benzene rings is 2. The number of aromatic amines is 1. The number of fused-ring (bicyclic) bond motifs is 1. The monoisotopic (exact) mass is 427 g/mol. The number of aromatic nitrogens is 2. The second kappa shape index (κ2) is 8.97. The molecular weight excluding hydrogens is 401 g/mol. The number of hydrogen-bond donors (Lipinski definition) is 2. The lowest BCUT2D eigenvalue weighted by Gasteiger charge is -2.23. The molecule has 0 radical (unpaired) electrons. The lowest BCUT2D eigenvalue weighted by atomic mass is 9.93. The molecule has 0 saturated carbocycles. The summed E-state index contributed by atoms with van der Waals surface area (Å²) in [6, 6.07) is 19.6. The van der Waals surface area contributed by atoms with Gasteiger partial charge in [0.15, 0.2) is 0 Å².